The van der Waals surface area contributed by atoms with Crippen LogP contribution in [0.3, 0.4) is 0 Å². The second kappa shape index (κ2) is 18.6. The third-order valence-electron chi connectivity index (χ3n) is 13.3. The summed E-state index contributed by atoms with van der Waals surface area (Å²) in [4.78, 5) is 14.5. The van der Waals surface area contributed by atoms with E-state index in [0.29, 0.717) is 22.9 Å². The van der Waals surface area contributed by atoms with Crippen LogP contribution in [0, 0.1) is 23.5 Å². The van der Waals surface area contributed by atoms with E-state index in [-0.39, 0.29) is 11.8 Å². The Kier molecular flexibility index (Phi) is 12.4. The summed E-state index contributed by atoms with van der Waals surface area (Å²) in [5.74, 6) is 8.89. The molecule has 0 amide bonds. The van der Waals surface area contributed by atoms with Crippen LogP contribution in [0.2, 0.25) is 17.3 Å². The van der Waals surface area contributed by atoms with E-state index in [4.69, 9.17) is 9.40 Å². The molecule has 11 aromatic rings. The average molecular weight is 1220 g/mol. The summed E-state index contributed by atoms with van der Waals surface area (Å²) < 4.78 is 10.3. The first-order chi connectivity index (χ1) is 33.3. The zero-order valence-corrected chi connectivity index (χ0v) is 45.3. The fourth-order valence-corrected chi connectivity index (χ4v) is 11.6. The first-order valence-electron chi connectivity index (χ1n) is 24.0. The molecule has 4 aromatic heterocycles. The Labute approximate surface area is 407 Å². The predicted molar refractivity (Wildman–Crippen MR) is 289 cm³/mol. The van der Waals surface area contributed by atoms with Crippen molar-refractivity contribution >= 4 is 72.3 Å². The van der Waals surface area contributed by atoms with Crippen LogP contribution in [0.4, 0.5) is 0 Å². The zero-order chi connectivity index (χ0) is 48.1. The van der Waals surface area contributed by atoms with Crippen molar-refractivity contribution in [1.29, 1.82) is 5.26 Å². The van der Waals surface area contributed by atoms with Gasteiger partial charge in [-0.1, -0.05) is 105 Å². The van der Waals surface area contributed by atoms with Gasteiger partial charge in [0.2, 0.25) is 5.71 Å². The second-order valence-electron chi connectivity index (χ2n) is 20.0. The monoisotopic (exact) mass is 1220 g/mol. The minimum absolute atomic E-state index is 0. The van der Waals surface area contributed by atoms with Crippen LogP contribution in [0.15, 0.2) is 156 Å². The Morgan fingerprint density at radius 3 is 2.01 bits per heavy atom. The van der Waals surface area contributed by atoms with Gasteiger partial charge < -0.3 is 8.98 Å². The molecule has 0 aliphatic rings. The molecule has 0 aliphatic heterocycles. The van der Waals surface area contributed by atoms with E-state index in [2.05, 4.69) is 219 Å². The number of pyridine rings is 2. The van der Waals surface area contributed by atoms with Gasteiger partial charge in [-0.15, -0.1) is 18.2 Å². The molecule has 7 aromatic carbocycles. The number of benzene rings is 7. The molecule has 0 saturated heterocycles. The summed E-state index contributed by atoms with van der Waals surface area (Å²) in [5, 5.41) is 16.0. The van der Waals surface area contributed by atoms with Gasteiger partial charge in [0.1, 0.15) is 11.8 Å². The molecule has 0 atom stereocenters. The number of furan rings is 1. The number of rotatable bonds is 8. The number of nitrogens with zero attached hydrogens (tertiary/aromatic N) is 5. The molecule has 8 heteroatoms. The van der Waals surface area contributed by atoms with E-state index >= 15 is 0 Å². The molecule has 0 unspecified atom stereocenters. The third kappa shape index (κ3) is 8.58. The van der Waals surface area contributed by atoms with Crippen molar-refractivity contribution in [3.8, 4) is 45.5 Å². The van der Waals surface area contributed by atoms with Crippen LogP contribution >= 0.6 is 0 Å². The van der Waals surface area contributed by atoms with Crippen LogP contribution in [-0.2, 0) is 0 Å². The van der Waals surface area contributed by atoms with Crippen LogP contribution in [-0.4, -0.2) is 32.8 Å². The molecular formula is C62H55GeLrN5O-2. The topological polar surface area (TPSA) is 80.5 Å². The van der Waals surface area contributed by atoms with Crippen LogP contribution in [0.1, 0.15) is 81.7 Å². The van der Waals surface area contributed by atoms with E-state index in [9.17, 15) is 5.26 Å². The number of imidazole rings is 1. The first kappa shape index (κ1) is 46.8. The number of nitriles is 1. The SMILES string of the molecule is CC(C)c1c[c-]c(-c2cc[c]([Ge]([CH3])([CH3])[CH3])cn2)cc1.CC(C)c1cc(-c2ccc3ccccc3c2)cc(C(C)C)c1-n1c(-c2[c-]ccc3c2oc2nc(C#N)ccc23)nc2ccc3ccccc3c21.[Lr]. The molecule has 0 fully saturated rings. The van der Waals surface area contributed by atoms with E-state index in [1.54, 1.807) is 6.07 Å². The van der Waals surface area contributed by atoms with Crippen molar-refractivity contribution in [3.05, 3.63) is 186 Å². The summed E-state index contributed by atoms with van der Waals surface area (Å²) >= 11 is -1.74. The van der Waals surface area contributed by atoms with E-state index in [0.717, 1.165) is 60.9 Å². The number of aromatic nitrogens is 4. The van der Waals surface area contributed by atoms with E-state index < -0.39 is 13.3 Å². The second-order valence-corrected chi connectivity index (χ2v) is 30.7. The van der Waals surface area contributed by atoms with Gasteiger partial charge in [-0.05, 0) is 86.6 Å². The number of fused-ring (bicyclic) bond motifs is 7. The van der Waals surface area contributed by atoms with Gasteiger partial charge in [-0.3, -0.25) is 4.98 Å². The number of hydrogen-bond donors (Lipinski definition) is 0. The van der Waals surface area contributed by atoms with Gasteiger partial charge in [0.15, 0.2) is 0 Å². The summed E-state index contributed by atoms with van der Waals surface area (Å²) in [6, 6.07) is 60.1. The quantitative estimate of drug-likeness (QED) is 0.112. The van der Waals surface area contributed by atoms with Gasteiger partial charge in [0.25, 0.3) is 0 Å². The van der Waals surface area contributed by atoms with Crippen LogP contribution in [0.25, 0.3) is 94.1 Å². The van der Waals surface area contributed by atoms with Gasteiger partial charge >= 0.3 is 119 Å². The molecule has 0 bridgehead atoms. The number of hydrogen-bond acceptors (Lipinski definition) is 5. The smallest absolute Gasteiger partial charge is 0.217 e. The Balaban J connectivity index is 0.000000257. The molecule has 0 spiro atoms. The van der Waals surface area contributed by atoms with Crippen LogP contribution in [0.5, 0.6) is 0 Å². The molecule has 355 valence electrons. The Hall–Kier alpha value is -8.34. The van der Waals surface area contributed by atoms with Gasteiger partial charge in [0.05, 0.1) is 22.4 Å². The Morgan fingerprint density at radius 2 is 1.36 bits per heavy atom. The summed E-state index contributed by atoms with van der Waals surface area (Å²) in [5.41, 5.74) is 13.5. The standard InChI is InChI=1S/C45H33N4O.C17H22GeN.Lr/c1-26(2)38-23-32(31-17-16-28-10-5-6-12-30(28)22-31)24-39(27(3)4)41(38)49-42-34-13-8-7-11-29(34)18-21-40(42)48-44(49)37-15-9-14-35-36-20-19-33(25-46)47-45(36)50-43(35)37;1-13(2)14-6-8-15(9-7-14)17-11-10-16(12-19-17)18(3,4)5;/h5-14,16-24,26-27H,1-4H3;6-8,10-13H,1-5H3;/q2*-1;. The Bertz CT molecular complexity index is 3730. The third-order valence-corrected chi connectivity index (χ3v) is 17.6. The van der Waals surface area contributed by atoms with Crippen molar-refractivity contribution in [2.24, 2.45) is 0 Å². The van der Waals surface area contributed by atoms with Crippen molar-refractivity contribution < 1.29 is 4.42 Å². The van der Waals surface area contributed by atoms with Gasteiger partial charge in [0, 0.05) is 16.5 Å². The Morgan fingerprint density at radius 1 is 0.643 bits per heavy atom. The zero-order valence-electron chi connectivity index (χ0n) is 41.1. The molecule has 0 saturated carbocycles. The van der Waals surface area contributed by atoms with Gasteiger partial charge in [-0.25, -0.2) is 4.98 Å². The van der Waals surface area contributed by atoms with E-state index in [1.165, 1.54) is 43.0 Å². The molecule has 11 rings (SSSR count). The normalized spacial score (nSPS) is 11.8. The molecule has 70 heavy (non-hydrogen) atoms. The molecule has 6 nitrogen and oxygen atoms in total. The van der Waals surface area contributed by atoms with Crippen molar-refractivity contribution in [3.63, 3.8) is 0 Å². The fourth-order valence-electron chi connectivity index (χ4n) is 9.38. The predicted octanol–water partition coefficient (Wildman–Crippen LogP) is 16.1. The molecular weight excluding hydrogens is 1170 g/mol. The minimum Gasteiger partial charge on any atom is -0.486 e. The van der Waals surface area contributed by atoms with Crippen molar-refractivity contribution in [1.82, 2.24) is 19.5 Å². The van der Waals surface area contributed by atoms with Crippen LogP contribution < -0.4 is 4.40 Å². The maximum absolute atomic E-state index is 9.54. The maximum atomic E-state index is 9.54. The first-order valence-corrected chi connectivity index (χ1v) is 31.3. The van der Waals surface area contributed by atoms with Crippen molar-refractivity contribution in [2.75, 3.05) is 0 Å². The largest absolute Gasteiger partial charge is 0.486 e. The van der Waals surface area contributed by atoms with Crippen molar-refractivity contribution in [2.45, 2.75) is 76.6 Å². The fraction of sp³-hybridized carbons (Fsp3) is 0.194. The molecule has 1 radical (unpaired) electrons. The van der Waals surface area contributed by atoms with Gasteiger partial charge in [-0.2, -0.15) is 5.26 Å². The molecule has 0 N–H and O–H groups in total. The molecule has 0 aliphatic carbocycles. The summed E-state index contributed by atoms with van der Waals surface area (Å²) in [6.07, 6.45) is 2.06. The average Bonchev–Trinajstić information content (AvgIpc) is 3.94. The summed E-state index contributed by atoms with van der Waals surface area (Å²) in [7, 11) is 0. The maximum Gasteiger partial charge on any atom is 0.217 e. The summed E-state index contributed by atoms with van der Waals surface area (Å²) in [6.45, 7) is 13.5. The van der Waals surface area contributed by atoms with E-state index in [1.807, 2.05) is 18.2 Å². The minimum atomic E-state index is -1.74. The molecule has 4 heterocycles.